The molecule has 0 heterocycles. The molecule has 0 aliphatic heterocycles. The number of methoxy groups -OCH3 is 1. The maximum Gasteiger partial charge on any atom is 0.162 e. The molecule has 4 nitrogen and oxygen atoms in total. The van der Waals surface area contributed by atoms with Crippen molar-refractivity contribution in [2.45, 2.75) is 19.5 Å². The Hall–Kier alpha value is -0.780. The summed E-state index contributed by atoms with van der Waals surface area (Å²) in [6.45, 7) is 2.39. The Labute approximate surface area is 115 Å². The molecule has 0 amide bonds. The number of phenols is 1. The largest absolute Gasteiger partial charge is 0.504 e. The lowest BCUT2D eigenvalue weighted by atomic mass is 10.1. The third-order valence-electron chi connectivity index (χ3n) is 2.46. The number of aromatic hydroxyl groups is 1. The van der Waals surface area contributed by atoms with Gasteiger partial charge in [-0.3, -0.25) is 4.21 Å². The zero-order valence-electron chi connectivity index (χ0n) is 10.7. The lowest BCUT2D eigenvalue weighted by Crippen LogP contribution is -2.30. The average molecular weight is 292 g/mol. The van der Waals surface area contributed by atoms with Gasteiger partial charge in [0.1, 0.15) is 0 Å². The maximum atomic E-state index is 11.1. The van der Waals surface area contributed by atoms with Gasteiger partial charge < -0.3 is 15.2 Å². The first-order chi connectivity index (χ1) is 8.43. The van der Waals surface area contributed by atoms with Gasteiger partial charge in [-0.15, -0.1) is 0 Å². The first-order valence-electron chi connectivity index (χ1n) is 5.52. The fourth-order valence-electron chi connectivity index (χ4n) is 1.61. The Balaban J connectivity index is 2.72. The molecule has 0 saturated carbocycles. The first kappa shape index (κ1) is 15.3. The van der Waals surface area contributed by atoms with Crippen LogP contribution in [0.3, 0.4) is 0 Å². The zero-order chi connectivity index (χ0) is 13.7. The van der Waals surface area contributed by atoms with Crippen molar-refractivity contribution in [1.29, 1.82) is 0 Å². The van der Waals surface area contributed by atoms with E-state index in [0.717, 1.165) is 0 Å². The van der Waals surface area contributed by atoms with Crippen LogP contribution in [0.4, 0.5) is 0 Å². The van der Waals surface area contributed by atoms with E-state index in [1.165, 1.54) is 7.11 Å². The smallest absolute Gasteiger partial charge is 0.162 e. The van der Waals surface area contributed by atoms with E-state index in [2.05, 4.69) is 5.32 Å². The van der Waals surface area contributed by atoms with E-state index in [9.17, 15) is 9.32 Å². The van der Waals surface area contributed by atoms with Crippen molar-refractivity contribution in [3.63, 3.8) is 0 Å². The highest BCUT2D eigenvalue weighted by molar-refractivity contribution is 7.84. The molecule has 1 aromatic rings. The van der Waals surface area contributed by atoms with E-state index in [-0.39, 0.29) is 11.8 Å². The fourth-order valence-corrected chi connectivity index (χ4v) is 2.67. The summed E-state index contributed by atoms with van der Waals surface area (Å²) >= 11 is 5.93. The molecule has 1 aromatic carbocycles. The number of halogens is 1. The minimum absolute atomic E-state index is 0.0826. The molecule has 0 fully saturated rings. The number of ether oxygens (including phenoxy) is 1. The summed E-state index contributed by atoms with van der Waals surface area (Å²) in [5.41, 5.74) is 0.660. The molecule has 18 heavy (non-hydrogen) atoms. The monoisotopic (exact) mass is 291 g/mol. The van der Waals surface area contributed by atoms with Crippen molar-refractivity contribution in [2.75, 3.05) is 19.1 Å². The van der Waals surface area contributed by atoms with Gasteiger partial charge >= 0.3 is 0 Å². The molecule has 1 rings (SSSR count). The molecule has 2 unspecified atom stereocenters. The van der Waals surface area contributed by atoms with Crippen LogP contribution in [0.5, 0.6) is 11.5 Å². The molecular weight excluding hydrogens is 274 g/mol. The first-order valence-corrected chi connectivity index (χ1v) is 7.63. The summed E-state index contributed by atoms with van der Waals surface area (Å²) in [5, 5.41) is 13.6. The Morgan fingerprint density at radius 1 is 1.56 bits per heavy atom. The summed E-state index contributed by atoms with van der Waals surface area (Å²) in [6.07, 6.45) is 1.66. The molecule has 0 spiro atoms. The number of benzene rings is 1. The van der Waals surface area contributed by atoms with Crippen LogP contribution in [0.2, 0.25) is 5.02 Å². The second kappa shape index (κ2) is 6.97. The minimum atomic E-state index is -0.845. The van der Waals surface area contributed by atoms with Gasteiger partial charge in [-0.1, -0.05) is 11.6 Å². The highest BCUT2D eigenvalue weighted by Gasteiger charge is 2.11. The van der Waals surface area contributed by atoms with Crippen LogP contribution in [0.1, 0.15) is 12.5 Å². The second-order valence-electron chi connectivity index (χ2n) is 4.14. The maximum absolute atomic E-state index is 11.1. The van der Waals surface area contributed by atoms with E-state index < -0.39 is 10.8 Å². The van der Waals surface area contributed by atoms with Gasteiger partial charge in [0, 0.05) is 52.0 Å². The van der Waals surface area contributed by atoms with Crippen molar-refractivity contribution in [3.8, 4) is 11.5 Å². The van der Waals surface area contributed by atoms with Gasteiger partial charge in [-0.2, -0.15) is 0 Å². The Morgan fingerprint density at radius 2 is 2.22 bits per heavy atom. The molecule has 102 valence electrons. The van der Waals surface area contributed by atoms with Crippen LogP contribution in [0.15, 0.2) is 12.1 Å². The highest BCUT2D eigenvalue weighted by Crippen LogP contribution is 2.33. The van der Waals surface area contributed by atoms with E-state index >= 15 is 0 Å². The highest BCUT2D eigenvalue weighted by atomic mass is 35.5. The van der Waals surface area contributed by atoms with Gasteiger partial charge in [-0.05, 0) is 13.0 Å². The summed E-state index contributed by atoms with van der Waals surface area (Å²) in [5.74, 6) is 1.00. The SMILES string of the molecule is COc1cc(Cl)cc(CNC(C)CS(C)=O)c1O. The molecule has 0 radical (unpaired) electrons. The fraction of sp³-hybridized carbons (Fsp3) is 0.500. The topological polar surface area (TPSA) is 58.6 Å². The van der Waals surface area contributed by atoms with Gasteiger partial charge in [0.15, 0.2) is 11.5 Å². The Kier molecular flexibility index (Phi) is 5.91. The van der Waals surface area contributed by atoms with Gasteiger partial charge in [0.05, 0.1) is 7.11 Å². The molecule has 0 bridgehead atoms. The van der Waals surface area contributed by atoms with E-state index in [4.69, 9.17) is 16.3 Å². The summed E-state index contributed by atoms with van der Waals surface area (Å²) in [4.78, 5) is 0. The van der Waals surface area contributed by atoms with Crippen LogP contribution in [0.25, 0.3) is 0 Å². The van der Waals surface area contributed by atoms with E-state index in [0.29, 0.717) is 28.6 Å². The summed E-state index contributed by atoms with van der Waals surface area (Å²) in [7, 11) is 0.633. The summed E-state index contributed by atoms with van der Waals surface area (Å²) < 4.78 is 16.1. The van der Waals surface area contributed by atoms with Crippen LogP contribution in [-0.4, -0.2) is 34.5 Å². The lowest BCUT2D eigenvalue weighted by Gasteiger charge is -2.14. The van der Waals surface area contributed by atoms with Crippen molar-refractivity contribution in [3.05, 3.63) is 22.7 Å². The third kappa shape index (κ3) is 4.48. The number of hydrogen-bond acceptors (Lipinski definition) is 4. The molecular formula is C12H18ClNO3S. The van der Waals surface area contributed by atoms with Gasteiger partial charge in [-0.25, -0.2) is 0 Å². The standard InChI is InChI=1S/C12H18ClNO3S/c1-8(7-18(3)16)14-6-9-4-10(13)5-11(17-2)12(9)15/h4-5,8,14-15H,6-7H2,1-3H3. The van der Waals surface area contributed by atoms with E-state index in [1.807, 2.05) is 6.92 Å². The van der Waals surface area contributed by atoms with Crippen molar-refractivity contribution in [1.82, 2.24) is 5.32 Å². The minimum Gasteiger partial charge on any atom is -0.504 e. The predicted molar refractivity (Wildman–Crippen MR) is 74.9 cm³/mol. The molecule has 6 heteroatoms. The van der Waals surface area contributed by atoms with Gasteiger partial charge in [0.25, 0.3) is 0 Å². The van der Waals surface area contributed by atoms with Gasteiger partial charge in [0.2, 0.25) is 0 Å². The molecule has 0 aliphatic rings. The lowest BCUT2D eigenvalue weighted by molar-refractivity contribution is 0.369. The number of nitrogens with one attached hydrogen (secondary N) is 1. The second-order valence-corrected chi connectivity index (χ2v) is 6.05. The Morgan fingerprint density at radius 3 is 2.78 bits per heavy atom. The quantitative estimate of drug-likeness (QED) is 0.841. The summed E-state index contributed by atoms with van der Waals surface area (Å²) in [6, 6.07) is 3.34. The van der Waals surface area contributed by atoms with Crippen LogP contribution < -0.4 is 10.1 Å². The predicted octanol–water partition coefficient (Wildman–Crippen LogP) is 1.91. The average Bonchev–Trinajstić information content (AvgIpc) is 2.28. The van der Waals surface area contributed by atoms with Crippen molar-refractivity contribution >= 4 is 22.4 Å². The molecule has 2 N–H and O–H groups in total. The number of phenolic OH excluding ortho intramolecular Hbond substituents is 1. The number of rotatable bonds is 6. The van der Waals surface area contributed by atoms with Crippen LogP contribution in [0, 0.1) is 0 Å². The van der Waals surface area contributed by atoms with Crippen LogP contribution in [-0.2, 0) is 17.3 Å². The molecule has 2 atom stereocenters. The number of hydrogen-bond donors (Lipinski definition) is 2. The Bertz CT molecular complexity index is 440. The van der Waals surface area contributed by atoms with E-state index in [1.54, 1.807) is 18.4 Å². The molecule has 0 saturated heterocycles. The molecule has 0 aromatic heterocycles. The third-order valence-corrected chi connectivity index (χ3v) is 3.65. The molecule has 0 aliphatic carbocycles. The van der Waals surface area contributed by atoms with Crippen LogP contribution >= 0.6 is 11.6 Å². The zero-order valence-corrected chi connectivity index (χ0v) is 12.3. The van der Waals surface area contributed by atoms with Crippen molar-refractivity contribution < 1.29 is 14.1 Å². The normalized spacial score (nSPS) is 14.2. The van der Waals surface area contributed by atoms with Crippen molar-refractivity contribution in [2.24, 2.45) is 0 Å².